The van der Waals surface area contributed by atoms with E-state index in [1.54, 1.807) is 12.1 Å². The van der Waals surface area contributed by atoms with E-state index in [0.29, 0.717) is 22.8 Å². The summed E-state index contributed by atoms with van der Waals surface area (Å²) in [5.74, 6) is -0.881. The SMILES string of the molecule is CCCCN(CC(N)=O)C(=O)c1cc(N)ccc1Cl. The smallest absolute Gasteiger partial charge is 0.255 e. The number of nitrogens with zero attached hydrogens (tertiary/aromatic N) is 1. The normalized spacial score (nSPS) is 10.2. The molecule has 0 aliphatic heterocycles. The quantitative estimate of drug-likeness (QED) is 0.778. The molecular formula is C13H18ClN3O2. The first-order valence-corrected chi connectivity index (χ1v) is 6.46. The lowest BCUT2D eigenvalue weighted by Crippen LogP contribution is -2.39. The number of hydrogen-bond donors (Lipinski definition) is 2. The molecule has 6 heteroatoms. The number of nitrogens with two attached hydrogens (primary N) is 2. The van der Waals surface area contributed by atoms with Crippen LogP contribution in [-0.4, -0.2) is 29.8 Å². The lowest BCUT2D eigenvalue weighted by Gasteiger charge is -2.21. The number of unbranched alkanes of at least 4 members (excludes halogenated alkanes) is 1. The van der Waals surface area contributed by atoms with Crippen LogP contribution in [0.1, 0.15) is 30.1 Å². The Morgan fingerprint density at radius 2 is 2.05 bits per heavy atom. The van der Waals surface area contributed by atoms with Crippen molar-refractivity contribution in [1.29, 1.82) is 0 Å². The molecule has 19 heavy (non-hydrogen) atoms. The Hall–Kier alpha value is -1.75. The lowest BCUT2D eigenvalue weighted by atomic mass is 10.1. The Morgan fingerprint density at radius 1 is 1.37 bits per heavy atom. The molecule has 0 aliphatic rings. The largest absolute Gasteiger partial charge is 0.399 e. The summed E-state index contributed by atoms with van der Waals surface area (Å²) in [6.45, 7) is 2.34. The van der Waals surface area contributed by atoms with E-state index in [1.807, 2.05) is 6.92 Å². The summed E-state index contributed by atoms with van der Waals surface area (Å²) in [5, 5.41) is 0.310. The number of halogens is 1. The van der Waals surface area contributed by atoms with Crippen molar-refractivity contribution < 1.29 is 9.59 Å². The van der Waals surface area contributed by atoms with Crippen molar-refractivity contribution in [2.45, 2.75) is 19.8 Å². The summed E-state index contributed by atoms with van der Waals surface area (Å²) in [5.41, 5.74) is 11.5. The molecule has 0 radical (unpaired) electrons. The van der Waals surface area contributed by atoms with Crippen molar-refractivity contribution in [3.63, 3.8) is 0 Å². The second kappa shape index (κ2) is 6.99. The van der Waals surface area contributed by atoms with Crippen LogP contribution in [0.15, 0.2) is 18.2 Å². The van der Waals surface area contributed by atoms with E-state index < -0.39 is 5.91 Å². The van der Waals surface area contributed by atoms with E-state index >= 15 is 0 Å². The number of carbonyl (C=O) groups is 2. The van der Waals surface area contributed by atoms with Gasteiger partial charge in [-0.15, -0.1) is 0 Å². The molecule has 104 valence electrons. The van der Waals surface area contributed by atoms with Crippen LogP contribution in [0.5, 0.6) is 0 Å². The van der Waals surface area contributed by atoms with Gasteiger partial charge in [0, 0.05) is 12.2 Å². The highest BCUT2D eigenvalue weighted by molar-refractivity contribution is 6.34. The van der Waals surface area contributed by atoms with Gasteiger partial charge in [0.2, 0.25) is 5.91 Å². The molecule has 1 aromatic carbocycles. The van der Waals surface area contributed by atoms with Crippen LogP contribution in [0.3, 0.4) is 0 Å². The van der Waals surface area contributed by atoms with E-state index in [2.05, 4.69) is 0 Å². The zero-order chi connectivity index (χ0) is 14.4. The topological polar surface area (TPSA) is 89.4 Å². The minimum absolute atomic E-state index is 0.121. The zero-order valence-electron chi connectivity index (χ0n) is 10.9. The highest BCUT2D eigenvalue weighted by Crippen LogP contribution is 2.20. The third-order valence-corrected chi connectivity index (χ3v) is 2.97. The van der Waals surface area contributed by atoms with E-state index in [0.717, 1.165) is 12.8 Å². The average Bonchev–Trinajstić information content (AvgIpc) is 2.36. The van der Waals surface area contributed by atoms with Crippen molar-refractivity contribution in [3.05, 3.63) is 28.8 Å². The van der Waals surface area contributed by atoms with Gasteiger partial charge < -0.3 is 16.4 Å². The number of amides is 2. The van der Waals surface area contributed by atoms with Crippen molar-refractivity contribution in [3.8, 4) is 0 Å². The number of rotatable bonds is 6. The number of primary amides is 1. The highest BCUT2D eigenvalue weighted by Gasteiger charge is 2.19. The van der Waals surface area contributed by atoms with Gasteiger partial charge in [0.05, 0.1) is 17.1 Å². The van der Waals surface area contributed by atoms with Crippen LogP contribution >= 0.6 is 11.6 Å². The number of hydrogen-bond acceptors (Lipinski definition) is 3. The Balaban J connectivity index is 2.97. The fourth-order valence-corrected chi connectivity index (χ4v) is 1.87. The molecule has 0 atom stereocenters. The van der Waals surface area contributed by atoms with Gasteiger partial charge in [0.25, 0.3) is 5.91 Å². The molecule has 0 saturated carbocycles. The maximum absolute atomic E-state index is 12.3. The lowest BCUT2D eigenvalue weighted by molar-refractivity contribution is -0.118. The molecule has 4 N–H and O–H groups in total. The molecule has 0 saturated heterocycles. The van der Waals surface area contributed by atoms with Crippen molar-refractivity contribution in [2.75, 3.05) is 18.8 Å². The Labute approximate surface area is 117 Å². The molecule has 2 amide bonds. The molecule has 0 bridgehead atoms. The molecule has 5 nitrogen and oxygen atoms in total. The predicted molar refractivity (Wildman–Crippen MR) is 75.9 cm³/mol. The minimum Gasteiger partial charge on any atom is -0.399 e. The molecule has 0 unspecified atom stereocenters. The fourth-order valence-electron chi connectivity index (χ4n) is 1.67. The molecule has 0 aromatic heterocycles. The van der Waals surface area contributed by atoms with Gasteiger partial charge in [-0.3, -0.25) is 9.59 Å². The molecule has 0 heterocycles. The van der Waals surface area contributed by atoms with Gasteiger partial charge in [-0.25, -0.2) is 0 Å². The second-order valence-corrected chi connectivity index (χ2v) is 4.69. The standard InChI is InChI=1S/C13H18ClN3O2/c1-2-3-6-17(8-12(16)18)13(19)10-7-9(15)4-5-11(10)14/h4-5,7H,2-3,6,8,15H2,1H3,(H2,16,18). The average molecular weight is 284 g/mol. The molecule has 1 rings (SSSR count). The summed E-state index contributed by atoms with van der Waals surface area (Å²) in [6.07, 6.45) is 1.70. The number of carbonyl (C=O) groups excluding carboxylic acids is 2. The van der Waals surface area contributed by atoms with Crippen LogP contribution in [-0.2, 0) is 4.79 Å². The van der Waals surface area contributed by atoms with Crippen molar-refractivity contribution in [1.82, 2.24) is 4.90 Å². The van der Waals surface area contributed by atoms with Crippen LogP contribution < -0.4 is 11.5 Å². The van der Waals surface area contributed by atoms with Crippen molar-refractivity contribution in [2.24, 2.45) is 5.73 Å². The minimum atomic E-state index is -0.551. The van der Waals surface area contributed by atoms with E-state index in [1.165, 1.54) is 11.0 Å². The zero-order valence-corrected chi connectivity index (χ0v) is 11.6. The first kappa shape index (κ1) is 15.3. The number of anilines is 1. The maximum atomic E-state index is 12.3. The summed E-state index contributed by atoms with van der Waals surface area (Å²) in [6, 6.07) is 4.68. The van der Waals surface area contributed by atoms with E-state index in [9.17, 15) is 9.59 Å². The van der Waals surface area contributed by atoms with Gasteiger partial charge in [-0.1, -0.05) is 24.9 Å². The van der Waals surface area contributed by atoms with Crippen LogP contribution in [0.25, 0.3) is 0 Å². The summed E-state index contributed by atoms with van der Waals surface area (Å²) in [4.78, 5) is 24.8. The maximum Gasteiger partial charge on any atom is 0.255 e. The Morgan fingerprint density at radius 3 is 2.63 bits per heavy atom. The first-order chi connectivity index (χ1) is 8.95. The van der Waals surface area contributed by atoms with E-state index in [-0.39, 0.29) is 12.5 Å². The monoisotopic (exact) mass is 283 g/mol. The second-order valence-electron chi connectivity index (χ2n) is 4.29. The fraction of sp³-hybridized carbons (Fsp3) is 0.385. The van der Waals surface area contributed by atoms with Gasteiger partial charge >= 0.3 is 0 Å². The summed E-state index contributed by atoms with van der Waals surface area (Å²) < 4.78 is 0. The van der Waals surface area contributed by atoms with E-state index in [4.69, 9.17) is 23.1 Å². The van der Waals surface area contributed by atoms with Gasteiger partial charge in [0.15, 0.2) is 0 Å². The molecule has 0 aliphatic carbocycles. The Bertz CT molecular complexity index is 477. The Kier molecular flexibility index (Phi) is 5.63. The number of benzene rings is 1. The van der Waals surface area contributed by atoms with Gasteiger partial charge in [-0.05, 0) is 24.6 Å². The van der Waals surface area contributed by atoms with Crippen LogP contribution in [0.4, 0.5) is 5.69 Å². The van der Waals surface area contributed by atoms with Gasteiger partial charge in [-0.2, -0.15) is 0 Å². The van der Waals surface area contributed by atoms with Gasteiger partial charge in [0.1, 0.15) is 0 Å². The van der Waals surface area contributed by atoms with Crippen LogP contribution in [0.2, 0.25) is 5.02 Å². The van der Waals surface area contributed by atoms with Crippen molar-refractivity contribution >= 4 is 29.1 Å². The summed E-state index contributed by atoms with van der Waals surface area (Å²) in [7, 11) is 0. The number of nitrogen functional groups attached to an aromatic ring is 1. The summed E-state index contributed by atoms with van der Waals surface area (Å²) >= 11 is 5.99. The first-order valence-electron chi connectivity index (χ1n) is 6.08. The third kappa shape index (κ3) is 4.44. The molecule has 1 aromatic rings. The molecule has 0 fully saturated rings. The molecular weight excluding hydrogens is 266 g/mol. The molecule has 0 spiro atoms. The highest BCUT2D eigenvalue weighted by atomic mass is 35.5. The third-order valence-electron chi connectivity index (χ3n) is 2.64. The van der Waals surface area contributed by atoms with Crippen LogP contribution in [0, 0.1) is 0 Å². The predicted octanol–water partition coefficient (Wildman–Crippen LogP) is 1.65.